The molecule has 104 valence electrons. The molecule has 0 saturated carbocycles. The van der Waals surface area contributed by atoms with Crippen molar-refractivity contribution >= 4 is 0 Å². The first-order valence-corrected chi connectivity index (χ1v) is 6.96. The molecule has 1 aliphatic carbocycles. The standard InChI is InChI=1S/C16H18N2O2/c1-10-9-11(7-8-14(10)20-2)15-17-13-6-4-3-5-12(13)16(19)18-15/h7-9H,3-6H2,1-2H3,(H,17,18,19). The van der Waals surface area contributed by atoms with E-state index in [-0.39, 0.29) is 5.56 Å². The quantitative estimate of drug-likeness (QED) is 0.912. The van der Waals surface area contributed by atoms with Crippen LogP contribution in [0.15, 0.2) is 23.0 Å². The van der Waals surface area contributed by atoms with Gasteiger partial charge in [-0.15, -0.1) is 0 Å². The van der Waals surface area contributed by atoms with Gasteiger partial charge in [0.2, 0.25) is 0 Å². The molecule has 1 aliphatic rings. The van der Waals surface area contributed by atoms with Crippen LogP contribution in [0.25, 0.3) is 11.4 Å². The van der Waals surface area contributed by atoms with Gasteiger partial charge >= 0.3 is 0 Å². The van der Waals surface area contributed by atoms with Crippen molar-refractivity contribution in [1.82, 2.24) is 9.97 Å². The number of H-pyrrole nitrogens is 1. The van der Waals surface area contributed by atoms with Gasteiger partial charge in [-0.1, -0.05) is 0 Å². The third-order valence-corrected chi connectivity index (χ3v) is 3.86. The van der Waals surface area contributed by atoms with E-state index in [1.165, 1.54) is 0 Å². The summed E-state index contributed by atoms with van der Waals surface area (Å²) in [5.41, 5.74) is 3.80. The van der Waals surface area contributed by atoms with Gasteiger partial charge in [0.15, 0.2) is 0 Å². The van der Waals surface area contributed by atoms with E-state index in [9.17, 15) is 4.79 Å². The van der Waals surface area contributed by atoms with Crippen LogP contribution in [0.4, 0.5) is 0 Å². The van der Waals surface area contributed by atoms with Crippen LogP contribution >= 0.6 is 0 Å². The van der Waals surface area contributed by atoms with Crippen LogP contribution in [0.2, 0.25) is 0 Å². The Kier molecular flexibility index (Phi) is 3.30. The van der Waals surface area contributed by atoms with Crippen molar-refractivity contribution in [3.63, 3.8) is 0 Å². The minimum absolute atomic E-state index is 0.0122. The van der Waals surface area contributed by atoms with Crippen molar-refractivity contribution in [2.45, 2.75) is 32.6 Å². The molecule has 2 aromatic rings. The van der Waals surface area contributed by atoms with Crippen molar-refractivity contribution < 1.29 is 4.74 Å². The highest BCUT2D eigenvalue weighted by Gasteiger charge is 2.16. The van der Waals surface area contributed by atoms with Crippen LogP contribution in [0.3, 0.4) is 0 Å². The monoisotopic (exact) mass is 270 g/mol. The number of rotatable bonds is 2. The Labute approximate surface area is 117 Å². The van der Waals surface area contributed by atoms with E-state index in [1.807, 2.05) is 25.1 Å². The maximum absolute atomic E-state index is 12.1. The van der Waals surface area contributed by atoms with Crippen LogP contribution in [0, 0.1) is 6.92 Å². The lowest BCUT2D eigenvalue weighted by molar-refractivity contribution is 0.412. The van der Waals surface area contributed by atoms with Gasteiger partial charge in [0, 0.05) is 11.1 Å². The number of methoxy groups -OCH3 is 1. The third kappa shape index (κ3) is 2.22. The average molecular weight is 270 g/mol. The SMILES string of the molecule is COc1ccc(-c2nc3c(c(=O)[nH]2)CCCC3)cc1C. The van der Waals surface area contributed by atoms with Gasteiger partial charge < -0.3 is 9.72 Å². The predicted molar refractivity (Wildman–Crippen MR) is 78.2 cm³/mol. The molecular formula is C16H18N2O2. The van der Waals surface area contributed by atoms with E-state index in [1.54, 1.807) is 7.11 Å². The summed E-state index contributed by atoms with van der Waals surface area (Å²) in [6, 6.07) is 5.83. The summed E-state index contributed by atoms with van der Waals surface area (Å²) in [7, 11) is 1.65. The summed E-state index contributed by atoms with van der Waals surface area (Å²) in [5.74, 6) is 1.50. The van der Waals surface area contributed by atoms with Crippen LogP contribution in [-0.4, -0.2) is 17.1 Å². The largest absolute Gasteiger partial charge is 0.496 e. The van der Waals surface area contributed by atoms with Crippen LogP contribution < -0.4 is 10.3 Å². The summed E-state index contributed by atoms with van der Waals surface area (Å²) >= 11 is 0. The molecule has 0 radical (unpaired) electrons. The van der Waals surface area contributed by atoms with Crippen LogP contribution in [0.5, 0.6) is 5.75 Å². The van der Waals surface area contributed by atoms with E-state index in [0.29, 0.717) is 5.82 Å². The molecule has 1 aromatic carbocycles. The molecule has 20 heavy (non-hydrogen) atoms. The topological polar surface area (TPSA) is 55.0 Å². The number of aromatic amines is 1. The number of hydrogen-bond donors (Lipinski definition) is 1. The Bertz CT molecular complexity index is 704. The zero-order valence-corrected chi connectivity index (χ0v) is 11.8. The number of hydrogen-bond acceptors (Lipinski definition) is 3. The molecule has 4 heteroatoms. The molecule has 0 atom stereocenters. The highest BCUT2D eigenvalue weighted by Crippen LogP contribution is 2.25. The second-order valence-corrected chi connectivity index (χ2v) is 5.23. The highest BCUT2D eigenvalue weighted by molar-refractivity contribution is 5.59. The lowest BCUT2D eigenvalue weighted by Crippen LogP contribution is -2.21. The molecule has 0 amide bonds. The fraction of sp³-hybridized carbons (Fsp3) is 0.375. The number of ether oxygens (including phenoxy) is 1. The Hall–Kier alpha value is -2.10. The van der Waals surface area contributed by atoms with E-state index in [2.05, 4.69) is 9.97 Å². The van der Waals surface area contributed by atoms with E-state index >= 15 is 0 Å². The Morgan fingerprint density at radius 1 is 1.25 bits per heavy atom. The van der Waals surface area contributed by atoms with Gasteiger partial charge in [0.25, 0.3) is 5.56 Å². The molecule has 0 spiro atoms. The van der Waals surface area contributed by atoms with Crippen molar-refractivity contribution in [3.8, 4) is 17.1 Å². The molecule has 3 rings (SSSR count). The zero-order valence-electron chi connectivity index (χ0n) is 11.8. The summed E-state index contributed by atoms with van der Waals surface area (Å²) in [4.78, 5) is 19.7. The van der Waals surface area contributed by atoms with Gasteiger partial charge in [-0.25, -0.2) is 4.98 Å². The van der Waals surface area contributed by atoms with Crippen molar-refractivity contribution in [2.24, 2.45) is 0 Å². The van der Waals surface area contributed by atoms with Crippen molar-refractivity contribution in [1.29, 1.82) is 0 Å². The van der Waals surface area contributed by atoms with Gasteiger partial charge in [0.05, 0.1) is 12.8 Å². The van der Waals surface area contributed by atoms with Crippen molar-refractivity contribution in [3.05, 3.63) is 45.4 Å². The first-order valence-electron chi connectivity index (χ1n) is 6.96. The number of nitrogens with one attached hydrogen (secondary N) is 1. The Morgan fingerprint density at radius 3 is 2.80 bits per heavy atom. The highest BCUT2D eigenvalue weighted by atomic mass is 16.5. The first-order chi connectivity index (χ1) is 9.69. The molecule has 0 bridgehead atoms. The zero-order chi connectivity index (χ0) is 14.1. The van der Waals surface area contributed by atoms with Gasteiger partial charge in [-0.05, 0) is 56.4 Å². The Morgan fingerprint density at radius 2 is 2.05 bits per heavy atom. The number of aromatic nitrogens is 2. The minimum atomic E-state index is 0.0122. The Balaban J connectivity index is 2.08. The molecule has 1 N–H and O–H groups in total. The number of fused-ring (bicyclic) bond motifs is 1. The lowest BCUT2D eigenvalue weighted by atomic mass is 9.97. The summed E-state index contributed by atoms with van der Waals surface area (Å²) < 4.78 is 5.26. The molecule has 0 saturated heterocycles. The maximum atomic E-state index is 12.1. The first kappa shape index (κ1) is 12.9. The second kappa shape index (κ2) is 5.12. The van der Waals surface area contributed by atoms with Crippen LogP contribution in [0.1, 0.15) is 29.7 Å². The molecule has 0 fully saturated rings. The fourth-order valence-electron chi connectivity index (χ4n) is 2.77. The van der Waals surface area contributed by atoms with Crippen molar-refractivity contribution in [2.75, 3.05) is 7.11 Å². The molecule has 1 heterocycles. The molecule has 0 aliphatic heterocycles. The lowest BCUT2D eigenvalue weighted by Gasteiger charge is -2.15. The molecule has 4 nitrogen and oxygen atoms in total. The minimum Gasteiger partial charge on any atom is -0.496 e. The number of nitrogens with zero attached hydrogens (tertiary/aromatic N) is 1. The maximum Gasteiger partial charge on any atom is 0.254 e. The average Bonchev–Trinajstić information content (AvgIpc) is 2.47. The van der Waals surface area contributed by atoms with E-state index < -0.39 is 0 Å². The normalized spacial score (nSPS) is 13.9. The summed E-state index contributed by atoms with van der Waals surface area (Å²) in [5, 5.41) is 0. The van der Waals surface area contributed by atoms with Gasteiger partial charge in [-0.3, -0.25) is 4.79 Å². The second-order valence-electron chi connectivity index (χ2n) is 5.23. The summed E-state index contributed by atoms with van der Waals surface area (Å²) in [6.45, 7) is 1.98. The molecular weight excluding hydrogens is 252 g/mol. The van der Waals surface area contributed by atoms with E-state index in [4.69, 9.17) is 4.74 Å². The van der Waals surface area contributed by atoms with Gasteiger partial charge in [-0.2, -0.15) is 0 Å². The molecule has 1 aromatic heterocycles. The van der Waals surface area contributed by atoms with E-state index in [0.717, 1.165) is 53.8 Å². The number of aryl methyl sites for hydroxylation is 2. The predicted octanol–water partition coefficient (Wildman–Crippen LogP) is 2.63. The number of benzene rings is 1. The third-order valence-electron chi connectivity index (χ3n) is 3.86. The summed E-state index contributed by atoms with van der Waals surface area (Å²) in [6.07, 6.45) is 3.95. The smallest absolute Gasteiger partial charge is 0.254 e. The molecule has 0 unspecified atom stereocenters. The van der Waals surface area contributed by atoms with Crippen LogP contribution in [-0.2, 0) is 12.8 Å². The van der Waals surface area contributed by atoms with Gasteiger partial charge in [0.1, 0.15) is 11.6 Å². The fourth-order valence-corrected chi connectivity index (χ4v) is 2.77.